The molecule has 1 aliphatic heterocycles. The van der Waals surface area contributed by atoms with Crippen LogP contribution in [0.25, 0.3) is 0 Å². The van der Waals surface area contributed by atoms with E-state index in [-0.39, 0.29) is 6.10 Å². The van der Waals surface area contributed by atoms with E-state index in [9.17, 15) is 4.79 Å². The van der Waals surface area contributed by atoms with E-state index in [0.717, 1.165) is 42.7 Å². The molecule has 1 fully saturated rings. The van der Waals surface area contributed by atoms with Crippen molar-refractivity contribution in [2.75, 3.05) is 25.5 Å². The molecule has 1 heterocycles. The van der Waals surface area contributed by atoms with Crippen LogP contribution in [0.15, 0.2) is 42.5 Å². The van der Waals surface area contributed by atoms with Crippen LogP contribution in [-0.4, -0.2) is 42.5 Å². The number of halogens is 1. The first-order valence-electron chi connectivity index (χ1n) is 10.3. The van der Waals surface area contributed by atoms with Gasteiger partial charge in [0.25, 0.3) is 0 Å². The third-order valence-corrected chi connectivity index (χ3v) is 4.80. The van der Waals surface area contributed by atoms with Crippen molar-refractivity contribution in [3.63, 3.8) is 0 Å². The lowest BCUT2D eigenvalue weighted by Crippen LogP contribution is -2.15. The molecular formula is C24H35ClN2O2. The van der Waals surface area contributed by atoms with Crippen molar-refractivity contribution >= 4 is 29.3 Å². The molecule has 1 saturated heterocycles. The molecule has 1 aliphatic rings. The number of hydrogen-bond acceptors (Lipinski definition) is 4. The maximum atomic E-state index is 10.6. The Bertz CT molecular complexity index is 727. The van der Waals surface area contributed by atoms with Gasteiger partial charge in [0.05, 0.1) is 6.10 Å². The summed E-state index contributed by atoms with van der Waals surface area (Å²) in [5.74, 6) is 0. The molecule has 2 aromatic carbocycles. The van der Waals surface area contributed by atoms with Gasteiger partial charge in [0.1, 0.15) is 6.29 Å². The van der Waals surface area contributed by atoms with Gasteiger partial charge in [0, 0.05) is 35.1 Å². The summed E-state index contributed by atoms with van der Waals surface area (Å²) in [5, 5.41) is 12.8. The van der Waals surface area contributed by atoms with Crippen molar-refractivity contribution in [2.45, 2.75) is 52.6 Å². The monoisotopic (exact) mass is 418 g/mol. The second-order valence-corrected chi connectivity index (χ2v) is 7.82. The molecule has 0 aromatic heterocycles. The zero-order chi connectivity index (χ0) is 21.6. The molecule has 0 bridgehead atoms. The predicted molar refractivity (Wildman–Crippen MR) is 125 cm³/mol. The minimum Gasteiger partial charge on any atom is -0.392 e. The summed E-state index contributed by atoms with van der Waals surface area (Å²) in [4.78, 5) is 12.8. The fraction of sp³-hybridized carbons (Fsp3) is 0.458. The summed E-state index contributed by atoms with van der Waals surface area (Å²) in [6.45, 7) is 8.30. The first-order chi connectivity index (χ1) is 13.9. The fourth-order valence-corrected chi connectivity index (χ4v) is 3.08. The molecule has 5 heteroatoms. The zero-order valence-electron chi connectivity index (χ0n) is 18.1. The Morgan fingerprint density at radius 3 is 2.34 bits per heavy atom. The summed E-state index contributed by atoms with van der Waals surface area (Å²) >= 11 is 5.91. The maximum absolute atomic E-state index is 10.6. The van der Waals surface area contributed by atoms with E-state index in [4.69, 9.17) is 16.7 Å². The summed E-state index contributed by atoms with van der Waals surface area (Å²) in [7, 11) is 2.02. The number of nitrogens with one attached hydrogen (secondary N) is 1. The molecule has 0 radical (unpaired) electrons. The van der Waals surface area contributed by atoms with Gasteiger partial charge in [-0.3, -0.25) is 4.79 Å². The number of likely N-dealkylation sites (N-methyl/N-ethyl adjacent to an activating group) is 1. The van der Waals surface area contributed by atoms with E-state index < -0.39 is 0 Å². The maximum Gasteiger partial charge on any atom is 0.150 e. The highest BCUT2D eigenvalue weighted by molar-refractivity contribution is 6.30. The van der Waals surface area contributed by atoms with Crippen molar-refractivity contribution in [2.24, 2.45) is 0 Å². The van der Waals surface area contributed by atoms with E-state index in [1.807, 2.05) is 50.4 Å². The number of β-amino-alcohol motifs (C(OH)–C–C–N with tert-alkyl or cyclic N) is 1. The average molecular weight is 419 g/mol. The number of nitrogens with zero attached hydrogens (tertiary/aromatic N) is 1. The van der Waals surface area contributed by atoms with Gasteiger partial charge < -0.3 is 15.3 Å². The van der Waals surface area contributed by atoms with Crippen LogP contribution in [0.5, 0.6) is 0 Å². The Hall–Kier alpha value is -1.88. The molecule has 0 aliphatic carbocycles. The van der Waals surface area contributed by atoms with E-state index >= 15 is 0 Å². The summed E-state index contributed by atoms with van der Waals surface area (Å²) in [6, 6.07) is 13.0. The smallest absolute Gasteiger partial charge is 0.150 e. The first kappa shape index (κ1) is 25.2. The Morgan fingerprint density at radius 2 is 1.93 bits per heavy atom. The number of aliphatic hydroxyl groups excluding tert-OH is 1. The molecule has 4 nitrogen and oxygen atoms in total. The third-order valence-electron chi connectivity index (χ3n) is 4.56. The number of aliphatic hydroxyl groups is 1. The molecule has 160 valence electrons. The number of carbonyl (C=O) groups excluding carboxylic acids is 1. The first-order valence-corrected chi connectivity index (χ1v) is 10.7. The van der Waals surface area contributed by atoms with E-state index in [2.05, 4.69) is 24.1 Å². The Morgan fingerprint density at radius 1 is 1.21 bits per heavy atom. The molecule has 29 heavy (non-hydrogen) atoms. The fourth-order valence-electron chi connectivity index (χ4n) is 2.89. The lowest BCUT2D eigenvalue weighted by molar-refractivity contribution is 0.112. The summed E-state index contributed by atoms with van der Waals surface area (Å²) in [6.07, 6.45) is 5.82. The van der Waals surface area contributed by atoms with Crippen molar-refractivity contribution < 1.29 is 9.90 Å². The van der Waals surface area contributed by atoms with Crippen molar-refractivity contribution in [3.05, 3.63) is 58.6 Å². The Balaban J connectivity index is 0.000000288. The highest BCUT2D eigenvalue weighted by Gasteiger charge is 2.15. The second-order valence-electron chi connectivity index (χ2n) is 7.39. The molecule has 0 saturated carbocycles. The number of aryl methyl sites for hydroxylation is 1. The van der Waals surface area contributed by atoms with Gasteiger partial charge in [-0.25, -0.2) is 0 Å². The van der Waals surface area contributed by atoms with E-state index in [0.29, 0.717) is 10.6 Å². The topological polar surface area (TPSA) is 52.6 Å². The molecular weight excluding hydrogens is 384 g/mol. The molecule has 1 unspecified atom stereocenters. The van der Waals surface area contributed by atoms with Crippen LogP contribution in [0, 0.1) is 6.92 Å². The van der Waals surface area contributed by atoms with Crippen LogP contribution >= 0.6 is 11.6 Å². The van der Waals surface area contributed by atoms with Crippen molar-refractivity contribution in [1.29, 1.82) is 0 Å². The largest absolute Gasteiger partial charge is 0.392 e. The summed E-state index contributed by atoms with van der Waals surface area (Å²) < 4.78 is 0. The van der Waals surface area contributed by atoms with Gasteiger partial charge in [-0.15, -0.1) is 0 Å². The Labute approximate surface area is 180 Å². The molecule has 2 aromatic rings. The summed E-state index contributed by atoms with van der Waals surface area (Å²) in [5.41, 5.74) is 3.60. The highest BCUT2D eigenvalue weighted by Crippen LogP contribution is 2.23. The molecule has 1 atom stereocenters. The zero-order valence-corrected chi connectivity index (χ0v) is 18.9. The highest BCUT2D eigenvalue weighted by atomic mass is 35.5. The third kappa shape index (κ3) is 10.5. The number of unbranched alkanes of at least 4 members (excludes halogenated alkanes) is 2. The van der Waals surface area contributed by atoms with Crippen LogP contribution < -0.4 is 5.32 Å². The van der Waals surface area contributed by atoms with Crippen LogP contribution in [0.2, 0.25) is 5.02 Å². The van der Waals surface area contributed by atoms with Gasteiger partial charge in [0.15, 0.2) is 0 Å². The van der Waals surface area contributed by atoms with Crippen molar-refractivity contribution in [3.8, 4) is 0 Å². The number of benzene rings is 2. The number of rotatable bonds is 5. The predicted octanol–water partition coefficient (Wildman–Crippen LogP) is 6.08. The SMILES string of the molecule is CCCCC.CN1CCC(O)C1.Cc1cc(C=O)ccc1Nc1cccc(Cl)c1. The number of hydrogen-bond donors (Lipinski definition) is 2. The van der Waals surface area contributed by atoms with Crippen LogP contribution in [-0.2, 0) is 0 Å². The van der Waals surface area contributed by atoms with Gasteiger partial charge >= 0.3 is 0 Å². The average Bonchev–Trinajstić information content (AvgIpc) is 3.08. The molecule has 3 rings (SSSR count). The number of anilines is 2. The Kier molecular flexibility index (Phi) is 12.3. The lowest BCUT2D eigenvalue weighted by Gasteiger charge is -2.10. The second kappa shape index (κ2) is 14.2. The molecule has 0 amide bonds. The van der Waals surface area contributed by atoms with Crippen LogP contribution in [0.3, 0.4) is 0 Å². The number of aldehydes is 1. The molecule has 2 N–H and O–H groups in total. The van der Waals surface area contributed by atoms with E-state index in [1.165, 1.54) is 19.3 Å². The standard InChI is InChI=1S/C14H12ClNO.C5H11NO.C5H12/c1-10-7-11(9-17)5-6-14(10)16-13-4-2-3-12(15)8-13;1-6-3-2-5(7)4-6;1-3-5-4-2/h2-9,16H,1H3;5,7H,2-4H2,1H3;3-5H2,1-2H3. The minimum atomic E-state index is -0.0509. The lowest BCUT2D eigenvalue weighted by atomic mass is 10.1. The molecule has 0 spiro atoms. The van der Waals surface area contributed by atoms with Gasteiger partial charge in [-0.1, -0.05) is 50.8 Å². The van der Waals surface area contributed by atoms with Crippen LogP contribution in [0.1, 0.15) is 55.5 Å². The van der Waals surface area contributed by atoms with Gasteiger partial charge in [-0.05, 0) is 62.4 Å². The minimum absolute atomic E-state index is 0.0509. The number of carbonyl (C=O) groups is 1. The van der Waals surface area contributed by atoms with Gasteiger partial charge in [-0.2, -0.15) is 0 Å². The van der Waals surface area contributed by atoms with Gasteiger partial charge in [0.2, 0.25) is 0 Å². The van der Waals surface area contributed by atoms with E-state index in [1.54, 1.807) is 6.07 Å². The van der Waals surface area contributed by atoms with Crippen LogP contribution in [0.4, 0.5) is 11.4 Å². The normalized spacial score (nSPS) is 15.6. The quantitative estimate of drug-likeness (QED) is 0.577. The number of likely N-dealkylation sites (tertiary alicyclic amines) is 1. The van der Waals surface area contributed by atoms with Crippen molar-refractivity contribution in [1.82, 2.24) is 4.90 Å².